The van der Waals surface area contributed by atoms with Crippen molar-refractivity contribution in [3.8, 4) is 0 Å². The second-order valence-corrected chi connectivity index (χ2v) is 2.92. The van der Waals surface area contributed by atoms with Gasteiger partial charge in [-0.25, -0.2) is 4.98 Å². The van der Waals surface area contributed by atoms with Crippen molar-refractivity contribution in [2.45, 2.75) is 5.50 Å². The summed E-state index contributed by atoms with van der Waals surface area (Å²) in [5.74, 6) is 0.166. The molecule has 1 unspecified atom stereocenters. The maximum atomic E-state index is 10.1. The third-order valence-electron chi connectivity index (χ3n) is 1.27. The van der Waals surface area contributed by atoms with Crippen LogP contribution in [0, 0.1) is 4.91 Å². The van der Waals surface area contributed by atoms with E-state index in [9.17, 15) is 4.91 Å². The van der Waals surface area contributed by atoms with Crippen LogP contribution in [-0.2, 0) is 0 Å². The predicted molar refractivity (Wildman–Crippen MR) is 48.0 cm³/mol. The Morgan fingerprint density at radius 1 is 1.67 bits per heavy atom. The Hall–Kier alpha value is -0.870. The van der Waals surface area contributed by atoms with Crippen LogP contribution < -0.4 is 5.73 Å². The van der Waals surface area contributed by atoms with Gasteiger partial charge in [-0.3, -0.25) is 0 Å². The minimum absolute atomic E-state index is 0.166. The zero-order chi connectivity index (χ0) is 9.14. The lowest BCUT2D eigenvalue weighted by Gasteiger charge is -2.03. The Morgan fingerprint density at radius 2 is 2.33 bits per heavy atom. The summed E-state index contributed by atoms with van der Waals surface area (Å²) >= 11 is 11.1. The molecule has 4 nitrogen and oxygen atoms in total. The second kappa shape index (κ2) is 3.69. The predicted octanol–water partition coefficient (Wildman–Crippen LogP) is 2.32. The van der Waals surface area contributed by atoms with Crippen LogP contribution in [0.25, 0.3) is 0 Å². The lowest BCUT2D eigenvalue weighted by molar-refractivity contribution is 0.995. The number of anilines is 1. The lowest BCUT2D eigenvalue weighted by Crippen LogP contribution is -1.98. The summed E-state index contributed by atoms with van der Waals surface area (Å²) in [7, 11) is 0. The summed E-state index contributed by atoms with van der Waals surface area (Å²) in [5.41, 5.74) is 4.71. The first-order chi connectivity index (χ1) is 5.65. The topological polar surface area (TPSA) is 68.3 Å². The van der Waals surface area contributed by atoms with E-state index < -0.39 is 5.50 Å². The van der Waals surface area contributed by atoms with Crippen molar-refractivity contribution >= 4 is 29.0 Å². The highest BCUT2D eigenvalue weighted by atomic mass is 35.5. The number of rotatable bonds is 2. The fourth-order valence-corrected chi connectivity index (χ4v) is 1.05. The summed E-state index contributed by atoms with van der Waals surface area (Å²) in [5, 5.41) is 2.97. The average Bonchev–Trinajstić information content (AvgIpc) is 2.08. The van der Waals surface area contributed by atoms with E-state index in [4.69, 9.17) is 28.9 Å². The molecule has 0 fully saturated rings. The molecule has 6 heteroatoms. The summed E-state index contributed by atoms with van der Waals surface area (Å²) < 4.78 is 0. The molecule has 0 saturated heterocycles. The maximum absolute atomic E-state index is 10.1. The molecule has 64 valence electrons. The van der Waals surface area contributed by atoms with E-state index in [0.717, 1.165) is 0 Å². The first kappa shape index (κ1) is 9.22. The number of hydrogen-bond donors (Lipinski definition) is 1. The molecule has 0 aliphatic rings. The number of halogens is 2. The van der Waals surface area contributed by atoms with Crippen molar-refractivity contribution in [3.05, 3.63) is 27.8 Å². The number of nitrogen functional groups attached to an aromatic ring is 1. The number of nitrogens with two attached hydrogens (primary N) is 1. The normalized spacial score (nSPS) is 12.5. The number of alkyl halides is 1. The van der Waals surface area contributed by atoms with Gasteiger partial charge in [-0.15, -0.1) is 4.91 Å². The van der Waals surface area contributed by atoms with Crippen molar-refractivity contribution in [1.82, 2.24) is 4.98 Å². The molecule has 2 N–H and O–H groups in total. The molecule has 12 heavy (non-hydrogen) atoms. The third kappa shape index (κ3) is 1.84. The molecule has 1 aromatic heterocycles. The molecular weight excluding hydrogens is 201 g/mol. The Balaban J connectivity index is 3.12. The summed E-state index contributed by atoms with van der Waals surface area (Å²) in [4.78, 5) is 13.8. The van der Waals surface area contributed by atoms with Crippen LogP contribution in [0.3, 0.4) is 0 Å². The quantitative estimate of drug-likeness (QED) is 0.458. The van der Waals surface area contributed by atoms with Gasteiger partial charge in [0, 0.05) is 11.8 Å². The van der Waals surface area contributed by atoms with Crippen molar-refractivity contribution in [3.63, 3.8) is 0 Å². The third-order valence-corrected chi connectivity index (χ3v) is 1.79. The van der Waals surface area contributed by atoms with Crippen LogP contribution in [0.4, 0.5) is 5.82 Å². The monoisotopic (exact) mass is 205 g/mol. The van der Waals surface area contributed by atoms with Gasteiger partial charge in [0.25, 0.3) is 0 Å². The zero-order valence-corrected chi connectivity index (χ0v) is 7.38. The van der Waals surface area contributed by atoms with Gasteiger partial charge in [-0.2, -0.15) is 0 Å². The molecule has 1 aromatic rings. The van der Waals surface area contributed by atoms with Gasteiger partial charge in [0.2, 0.25) is 0 Å². The van der Waals surface area contributed by atoms with Crippen molar-refractivity contribution < 1.29 is 0 Å². The molecule has 0 saturated carbocycles. The molecule has 0 aliphatic carbocycles. The maximum Gasteiger partial charge on any atom is 0.194 e. The van der Waals surface area contributed by atoms with Gasteiger partial charge in [-0.1, -0.05) is 23.2 Å². The van der Waals surface area contributed by atoms with Crippen LogP contribution >= 0.6 is 23.2 Å². The van der Waals surface area contributed by atoms with Crippen LogP contribution in [0.15, 0.2) is 17.4 Å². The van der Waals surface area contributed by atoms with E-state index in [-0.39, 0.29) is 5.82 Å². The smallest absolute Gasteiger partial charge is 0.194 e. The number of nitrogens with zero attached hydrogens (tertiary/aromatic N) is 2. The Bertz CT molecular complexity index is 305. The highest BCUT2D eigenvalue weighted by Gasteiger charge is 2.12. The minimum atomic E-state index is -1.03. The van der Waals surface area contributed by atoms with Gasteiger partial charge in [0.15, 0.2) is 5.50 Å². The second-order valence-electron chi connectivity index (χ2n) is 2.07. The SMILES string of the molecule is Nc1ncc(Cl)cc1C(Cl)N=O. The van der Waals surface area contributed by atoms with Gasteiger partial charge in [0.1, 0.15) is 5.82 Å². The fraction of sp³-hybridized carbons (Fsp3) is 0.167. The summed E-state index contributed by atoms with van der Waals surface area (Å²) in [6.45, 7) is 0. The van der Waals surface area contributed by atoms with E-state index in [2.05, 4.69) is 10.2 Å². The highest BCUT2D eigenvalue weighted by Crippen LogP contribution is 2.27. The largest absolute Gasteiger partial charge is 0.383 e. The summed E-state index contributed by atoms with van der Waals surface area (Å²) in [6.07, 6.45) is 1.37. The van der Waals surface area contributed by atoms with Crippen LogP contribution in [0.1, 0.15) is 11.1 Å². The molecule has 1 atom stereocenters. The van der Waals surface area contributed by atoms with Crippen LogP contribution in [0.2, 0.25) is 5.02 Å². The minimum Gasteiger partial charge on any atom is -0.383 e. The molecule has 0 amide bonds. The van der Waals surface area contributed by atoms with E-state index in [0.29, 0.717) is 10.6 Å². The van der Waals surface area contributed by atoms with Crippen molar-refractivity contribution in [2.75, 3.05) is 5.73 Å². The van der Waals surface area contributed by atoms with Gasteiger partial charge >= 0.3 is 0 Å². The number of hydrogen-bond acceptors (Lipinski definition) is 4. The number of nitroso groups, excluding NO2 is 1. The summed E-state index contributed by atoms with van der Waals surface area (Å²) in [6, 6.07) is 1.46. The first-order valence-electron chi connectivity index (χ1n) is 3.02. The van der Waals surface area contributed by atoms with Gasteiger partial charge < -0.3 is 5.73 Å². The molecule has 1 heterocycles. The van der Waals surface area contributed by atoms with E-state index in [1.807, 2.05) is 0 Å². The van der Waals surface area contributed by atoms with Gasteiger partial charge in [-0.05, 0) is 11.2 Å². The van der Waals surface area contributed by atoms with E-state index >= 15 is 0 Å². The average molecular weight is 206 g/mol. The highest BCUT2D eigenvalue weighted by molar-refractivity contribution is 6.30. The van der Waals surface area contributed by atoms with Crippen LogP contribution in [0.5, 0.6) is 0 Å². The molecular formula is C6H5Cl2N3O. The number of aromatic nitrogens is 1. The molecule has 0 bridgehead atoms. The van der Waals surface area contributed by atoms with E-state index in [1.54, 1.807) is 0 Å². The van der Waals surface area contributed by atoms with E-state index in [1.165, 1.54) is 12.3 Å². The zero-order valence-electron chi connectivity index (χ0n) is 5.87. The molecule has 0 aromatic carbocycles. The lowest BCUT2D eigenvalue weighted by atomic mass is 10.2. The molecule has 0 aliphatic heterocycles. The molecule has 0 spiro atoms. The Morgan fingerprint density at radius 3 is 2.92 bits per heavy atom. The van der Waals surface area contributed by atoms with Gasteiger partial charge in [0.05, 0.1) is 5.02 Å². The molecule has 1 rings (SSSR count). The van der Waals surface area contributed by atoms with Crippen molar-refractivity contribution in [2.24, 2.45) is 5.18 Å². The first-order valence-corrected chi connectivity index (χ1v) is 3.84. The van der Waals surface area contributed by atoms with Crippen molar-refractivity contribution in [1.29, 1.82) is 0 Å². The fourth-order valence-electron chi connectivity index (χ4n) is 0.713. The van der Waals surface area contributed by atoms with Crippen LogP contribution in [-0.4, -0.2) is 4.98 Å². The Labute approximate surface area is 78.7 Å². The molecule has 0 radical (unpaired) electrons. The number of pyridine rings is 1. The standard InChI is InChI=1S/C6H5Cl2N3O/c7-3-1-4(5(8)11-12)6(9)10-2-3/h1-2,5H,(H2,9,10). The Kier molecular flexibility index (Phi) is 2.83.